The second-order valence-corrected chi connectivity index (χ2v) is 7.78. The van der Waals surface area contributed by atoms with Crippen LogP contribution in [0, 0.1) is 11.3 Å². The van der Waals surface area contributed by atoms with E-state index in [2.05, 4.69) is 10.2 Å². The number of rotatable bonds is 9. The van der Waals surface area contributed by atoms with Crippen molar-refractivity contribution >= 4 is 23.6 Å². The maximum atomic E-state index is 12.9. The number of nitriles is 1. The topological polar surface area (TPSA) is 101 Å². The van der Waals surface area contributed by atoms with Crippen LogP contribution >= 0.6 is 11.6 Å². The van der Waals surface area contributed by atoms with Crippen molar-refractivity contribution in [1.82, 2.24) is 15.1 Å². The summed E-state index contributed by atoms with van der Waals surface area (Å²) in [5.74, 6) is 1.46. The molecule has 168 valence electrons. The number of aromatic nitrogens is 2. The molecule has 1 aliphatic carbocycles. The molecule has 0 bridgehead atoms. The molecule has 9 heteroatoms. The average molecular weight is 465 g/mol. The first-order chi connectivity index (χ1) is 16.1. The van der Waals surface area contributed by atoms with Crippen LogP contribution in [0.15, 0.2) is 53.0 Å². The lowest BCUT2D eigenvalue weighted by Gasteiger charge is -2.18. The van der Waals surface area contributed by atoms with Crippen molar-refractivity contribution in [3.05, 3.63) is 65.0 Å². The standard InChI is InChI=1S/C24H21ClN4O4/c1-31-21-14-16(6-10-20(21)32-13-12-26)7-11-23(30)29(17-8-9-17)15-22-27-28-24(33-22)18-4-2-3-5-19(18)25/h2-7,10-11,14,17H,8-9,13,15H2,1H3/b11-7+. The highest BCUT2D eigenvalue weighted by Gasteiger charge is 2.33. The SMILES string of the molecule is COc1cc(/C=C/C(=O)N(Cc2nnc(-c3ccccc3Cl)o2)C2CC2)ccc1OCC#N. The third-order valence-electron chi connectivity index (χ3n) is 5.05. The molecule has 0 spiro atoms. The fourth-order valence-electron chi connectivity index (χ4n) is 3.26. The number of ether oxygens (including phenoxy) is 2. The van der Waals surface area contributed by atoms with Crippen molar-refractivity contribution in [3.8, 4) is 29.0 Å². The Balaban J connectivity index is 1.46. The Bertz CT molecular complexity index is 1210. The van der Waals surface area contributed by atoms with Crippen molar-refractivity contribution in [2.45, 2.75) is 25.4 Å². The van der Waals surface area contributed by atoms with E-state index in [-0.39, 0.29) is 25.1 Å². The molecular weight excluding hydrogens is 444 g/mol. The monoisotopic (exact) mass is 464 g/mol. The van der Waals surface area contributed by atoms with Gasteiger partial charge in [0.05, 0.1) is 24.2 Å². The highest BCUT2D eigenvalue weighted by atomic mass is 35.5. The van der Waals surface area contributed by atoms with E-state index in [1.165, 1.54) is 13.2 Å². The summed E-state index contributed by atoms with van der Waals surface area (Å²) in [6.45, 7) is 0.143. The quantitative estimate of drug-likeness (QED) is 0.429. The molecule has 33 heavy (non-hydrogen) atoms. The maximum Gasteiger partial charge on any atom is 0.249 e. The van der Waals surface area contributed by atoms with Gasteiger partial charge in [-0.25, -0.2) is 0 Å². The van der Waals surface area contributed by atoms with E-state index in [1.54, 1.807) is 41.3 Å². The normalized spacial score (nSPS) is 13.0. The van der Waals surface area contributed by atoms with Crippen LogP contribution in [0.1, 0.15) is 24.3 Å². The molecule has 1 heterocycles. The third kappa shape index (κ3) is 5.51. The minimum absolute atomic E-state index is 0.0752. The number of carbonyl (C=O) groups is 1. The Morgan fingerprint density at radius 3 is 2.82 bits per heavy atom. The summed E-state index contributed by atoms with van der Waals surface area (Å²) in [6, 6.07) is 14.5. The average Bonchev–Trinajstić information content (AvgIpc) is 3.57. The fraction of sp³-hybridized carbons (Fsp3) is 0.250. The molecule has 0 N–H and O–H groups in total. The van der Waals surface area contributed by atoms with Gasteiger partial charge < -0.3 is 18.8 Å². The van der Waals surface area contributed by atoms with Gasteiger partial charge in [-0.05, 0) is 48.7 Å². The molecule has 0 unspecified atom stereocenters. The number of amides is 1. The van der Waals surface area contributed by atoms with Gasteiger partial charge in [0.2, 0.25) is 17.7 Å². The van der Waals surface area contributed by atoms with Gasteiger partial charge in [0.1, 0.15) is 6.07 Å². The largest absolute Gasteiger partial charge is 0.493 e. The Labute approximate surface area is 196 Å². The van der Waals surface area contributed by atoms with E-state index in [0.29, 0.717) is 33.9 Å². The Kier molecular flexibility index (Phi) is 6.91. The Hall–Kier alpha value is -3.83. The van der Waals surface area contributed by atoms with Crippen LogP contribution < -0.4 is 9.47 Å². The predicted molar refractivity (Wildman–Crippen MR) is 121 cm³/mol. The van der Waals surface area contributed by atoms with Crippen LogP contribution in [-0.4, -0.2) is 40.8 Å². The molecule has 1 fully saturated rings. The zero-order chi connectivity index (χ0) is 23.2. The minimum Gasteiger partial charge on any atom is -0.493 e. The zero-order valence-corrected chi connectivity index (χ0v) is 18.7. The first-order valence-electron chi connectivity index (χ1n) is 10.3. The Morgan fingerprint density at radius 1 is 1.27 bits per heavy atom. The van der Waals surface area contributed by atoms with E-state index in [0.717, 1.165) is 18.4 Å². The molecule has 4 rings (SSSR count). The Morgan fingerprint density at radius 2 is 2.09 bits per heavy atom. The molecule has 0 atom stereocenters. The number of methoxy groups -OCH3 is 1. The molecule has 0 saturated heterocycles. The highest BCUT2D eigenvalue weighted by molar-refractivity contribution is 6.33. The van der Waals surface area contributed by atoms with Crippen LogP contribution in [0.3, 0.4) is 0 Å². The number of benzene rings is 2. The molecule has 8 nitrogen and oxygen atoms in total. The van der Waals surface area contributed by atoms with Crippen molar-refractivity contribution in [1.29, 1.82) is 5.26 Å². The van der Waals surface area contributed by atoms with Gasteiger partial charge in [-0.1, -0.05) is 29.8 Å². The molecule has 1 amide bonds. The van der Waals surface area contributed by atoms with Gasteiger partial charge in [-0.15, -0.1) is 10.2 Å². The first kappa shape index (κ1) is 22.4. The summed E-state index contributed by atoms with van der Waals surface area (Å²) in [6.07, 6.45) is 5.08. The number of hydrogen-bond acceptors (Lipinski definition) is 7. The van der Waals surface area contributed by atoms with E-state index in [4.69, 9.17) is 30.8 Å². The van der Waals surface area contributed by atoms with Gasteiger partial charge in [-0.3, -0.25) is 4.79 Å². The van der Waals surface area contributed by atoms with Gasteiger partial charge in [0.25, 0.3) is 0 Å². The van der Waals surface area contributed by atoms with Crippen molar-refractivity contribution < 1.29 is 18.7 Å². The number of hydrogen-bond donors (Lipinski definition) is 0. The van der Waals surface area contributed by atoms with Gasteiger partial charge in [0.15, 0.2) is 18.1 Å². The summed E-state index contributed by atoms with van der Waals surface area (Å²) >= 11 is 6.21. The van der Waals surface area contributed by atoms with Crippen molar-refractivity contribution in [3.63, 3.8) is 0 Å². The van der Waals surface area contributed by atoms with Crippen LogP contribution in [-0.2, 0) is 11.3 Å². The summed E-state index contributed by atoms with van der Waals surface area (Å²) in [7, 11) is 1.52. The number of nitrogens with zero attached hydrogens (tertiary/aromatic N) is 4. The first-order valence-corrected chi connectivity index (χ1v) is 10.7. The summed E-state index contributed by atoms with van der Waals surface area (Å²) < 4.78 is 16.4. The molecule has 3 aromatic rings. The van der Waals surface area contributed by atoms with Crippen LogP contribution in [0.4, 0.5) is 0 Å². The molecule has 2 aromatic carbocycles. The predicted octanol–water partition coefficient (Wildman–Crippen LogP) is 4.51. The van der Waals surface area contributed by atoms with Crippen LogP contribution in [0.2, 0.25) is 5.02 Å². The van der Waals surface area contributed by atoms with Gasteiger partial charge >= 0.3 is 0 Å². The second-order valence-electron chi connectivity index (χ2n) is 7.37. The molecule has 0 radical (unpaired) electrons. The molecule has 1 aliphatic rings. The van der Waals surface area contributed by atoms with E-state index in [9.17, 15) is 4.79 Å². The fourth-order valence-corrected chi connectivity index (χ4v) is 3.48. The van der Waals surface area contributed by atoms with Gasteiger partial charge in [0, 0.05) is 12.1 Å². The summed E-state index contributed by atoms with van der Waals surface area (Å²) in [4.78, 5) is 14.7. The lowest BCUT2D eigenvalue weighted by atomic mass is 10.2. The second kappa shape index (κ2) is 10.2. The van der Waals surface area contributed by atoms with E-state index >= 15 is 0 Å². The van der Waals surface area contributed by atoms with E-state index < -0.39 is 0 Å². The lowest BCUT2D eigenvalue weighted by Crippen LogP contribution is -2.31. The minimum atomic E-state index is -0.154. The molecular formula is C24H21ClN4O4. The zero-order valence-electron chi connectivity index (χ0n) is 17.9. The smallest absolute Gasteiger partial charge is 0.249 e. The van der Waals surface area contributed by atoms with Crippen LogP contribution in [0.5, 0.6) is 11.5 Å². The maximum absolute atomic E-state index is 12.9. The summed E-state index contributed by atoms with van der Waals surface area (Å²) in [5, 5.41) is 17.4. The molecule has 1 aromatic heterocycles. The van der Waals surface area contributed by atoms with Crippen molar-refractivity contribution in [2.24, 2.45) is 0 Å². The number of carbonyl (C=O) groups excluding carboxylic acids is 1. The molecule has 1 saturated carbocycles. The third-order valence-corrected chi connectivity index (χ3v) is 5.38. The van der Waals surface area contributed by atoms with Gasteiger partial charge in [-0.2, -0.15) is 5.26 Å². The van der Waals surface area contributed by atoms with Crippen LogP contribution in [0.25, 0.3) is 17.5 Å². The summed E-state index contributed by atoms with van der Waals surface area (Å²) in [5.41, 5.74) is 1.41. The number of halogens is 1. The molecule has 0 aliphatic heterocycles. The van der Waals surface area contributed by atoms with E-state index in [1.807, 2.05) is 18.2 Å². The highest BCUT2D eigenvalue weighted by Crippen LogP contribution is 2.31. The lowest BCUT2D eigenvalue weighted by molar-refractivity contribution is -0.127. The van der Waals surface area contributed by atoms with Crippen molar-refractivity contribution in [2.75, 3.05) is 13.7 Å².